The molecule has 0 rings (SSSR count). The van der Waals surface area contributed by atoms with Crippen LogP contribution in [0.15, 0.2) is 255 Å². The smallest absolute Gasteiger partial charge is 0.462 e. The third-order valence-electron chi connectivity index (χ3n) is 14.9. The Morgan fingerprint density at radius 3 is 0.798 bits per heavy atom. The molecule has 0 saturated carbocycles. The Balaban J connectivity index is 4.05. The van der Waals surface area contributed by atoms with Crippen LogP contribution in [0.25, 0.3) is 0 Å². The van der Waals surface area contributed by atoms with Gasteiger partial charge in [-0.1, -0.05) is 327 Å². The number of allylic oxidation sites excluding steroid dienone is 42. The molecule has 99 heavy (non-hydrogen) atoms. The van der Waals surface area contributed by atoms with Gasteiger partial charge in [0.25, 0.3) is 0 Å². The first-order chi connectivity index (χ1) is 48.8. The second-order valence-corrected chi connectivity index (χ2v) is 25.5. The Morgan fingerprint density at radius 1 is 0.303 bits per heavy atom. The molecule has 10 heteroatoms. The molecule has 2 atom stereocenters. The van der Waals surface area contributed by atoms with Crippen molar-refractivity contribution in [2.75, 3.05) is 26.4 Å². The number of ether oxygens (including phenoxy) is 2. The highest BCUT2D eigenvalue weighted by Gasteiger charge is 2.26. The monoisotopic (exact) mass is 1380 g/mol. The van der Waals surface area contributed by atoms with Crippen molar-refractivity contribution >= 4 is 19.8 Å². The van der Waals surface area contributed by atoms with Gasteiger partial charge in [0.1, 0.15) is 6.61 Å². The van der Waals surface area contributed by atoms with Crippen LogP contribution < -0.4 is 5.73 Å². The maximum absolute atomic E-state index is 12.8. The number of phosphoric ester groups is 1. The molecule has 0 aliphatic carbocycles. The lowest BCUT2D eigenvalue weighted by Gasteiger charge is -2.19. The van der Waals surface area contributed by atoms with E-state index in [1.807, 2.05) is 0 Å². The minimum Gasteiger partial charge on any atom is -0.462 e. The van der Waals surface area contributed by atoms with Gasteiger partial charge in [0.15, 0.2) is 6.10 Å². The molecule has 0 aromatic heterocycles. The molecule has 0 aliphatic rings. The van der Waals surface area contributed by atoms with E-state index >= 15 is 0 Å². The first kappa shape index (κ1) is 92.5. The quantitative estimate of drug-likeness (QED) is 0.0264. The van der Waals surface area contributed by atoms with E-state index in [1.54, 1.807) is 0 Å². The first-order valence-electron chi connectivity index (χ1n) is 38.2. The molecule has 0 aromatic carbocycles. The first-order valence-corrected chi connectivity index (χ1v) is 39.7. The van der Waals surface area contributed by atoms with Crippen LogP contribution in [0.5, 0.6) is 0 Å². The zero-order valence-electron chi connectivity index (χ0n) is 61.9. The van der Waals surface area contributed by atoms with Gasteiger partial charge in [-0.2, -0.15) is 0 Å². The van der Waals surface area contributed by atoms with Crippen molar-refractivity contribution in [3.05, 3.63) is 255 Å². The highest BCUT2D eigenvalue weighted by Crippen LogP contribution is 2.43. The molecule has 0 bridgehead atoms. The summed E-state index contributed by atoms with van der Waals surface area (Å²) in [6.07, 6.45) is 129. The number of rotatable bonds is 68. The third-order valence-corrected chi connectivity index (χ3v) is 15.9. The van der Waals surface area contributed by atoms with E-state index in [-0.39, 0.29) is 32.6 Å². The van der Waals surface area contributed by atoms with Crippen LogP contribution in [-0.2, 0) is 32.7 Å². The molecular weight excluding hydrogens is 1240 g/mol. The lowest BCUT2D eigenvalue weighted by atomic mass is 10.0. The summed E-state index contributed by atoms with van der Waals surface area (Å²) in [4.78, 5) is 35.4. The summed E-state index contributed by atoms with van der Waals surface area (Å²) < 4.78 is 33.2. The minimum absolute atomic E-state index is 0.0325. The largest absolute Gasteiger partial charge is 0.472 e. The predicted molar refractivity (Wildman–Crippen MR) is 430 cm³/mol. The van der Waals surface area contributed by atoms with E-state index < -0.39 is 32.5 Å². The maximum atomic E-state index is 12.8. The second kappa shape index (κ2) is 80.5. The van der Waals surface area contributed by atoms with Crippen LogP contribution in [-0.4, -0.2) is 49.3 Å². The van der Waals surface area contributed by atoms with Gasteiger partial charge in [0.2, 0.25) is 0 Å². The topological polar surface area (TPSA) is 134 Å². The Kier molecular flexibility index (Phi) is 75.3. The molecule has 0 spiro atoms. The molecule has 9 nitrogen and oxygen atoms in total. The van der Waals surface area contributed by atoms with E-state index in [0.29, 0.717) is 12.8 Å². The highest BCUT2D eigenvalue weighted by atomic mass is 31.2. The molecular formula is C89H136NO8P. The van der Waals surface area contributed by atoms with Crippen molar-refractivity contribution in [2.24, 2.45) is 5.73 Å². The molecule has 0 fully saturated rings. The fraction of sp³-hybridized carbons (Fsp3) is 0.506. The normalized spacial score (nSPS) is 14.3. The summed E-state index contributed by atoms with van der Waals surface area (Å²) in [7, 11) is -4.43. The summed E-state index contributed by atoms with van der Waals surface area (Å²) in [5, 5.41) is 0. The van der Waals surface area contributed by atoms with E-state index in [0.717, 1.165) is 173 Å². The number of hydrogen-bond acceptors (Lipinski definition) is 8. The molecule has 0 amide bonds. The van der Waals surface area contributed by atoms with E-state index in [1.165, 1.54) is 44.9 Å². The van der Waals surface area contributed by atoms with Crippen molar-refractivity contribution in [3.63, 3.8) is 0 Å². The van der Waals surface area contributed by atoms with Crippen LogP contribution in [0.3, 0.4) is 0 Å². The van der Waals surface area contributed by atoms with Crippen molar-refractivity contribution in [1.82, 2.24) is 0 Å². The third kappa shape index (κ3) is 80.4. The van der Waals surface area contributed by atoms with Gasteiger partial charge < -0.3 is 20.1 Å². The number of nitrogens with two attached hydrogens (primary N) is 1. The predicted octanol–water partition coefficient (Wildman–Crippen LogP) is 26.1. The molecule has 0 radical (unpaired) electrons. The van der Waals surface area contributed by atoms with Crippen LogP contribution in [0.1, 0.15) is 258 Å². The summed E-state index contributed by atoms with van der Waals surface area (Å²) in [5.74, 6) is -0.901. The summed E-state index contributed by atoms with van der Waals surface area (Å²) in [5.41, 5.74) is 5.40. The molecule has 0 saturated heterocycles. The average Bonchev–Trinajstić information content (AvgIpc) is 1.35. The Hall–Kier alpha value is -6.45. The number of unbranched alkanes of at least 4 members (excludes halogenated alkanes) is 13. The van der Waals surface area contributed by atoms with Crippen molar-refractivity contribution in [2.45, 2.75) is 264 Å². The average molecular weight is 1380 g/mol. The zero-order valence-corrected chi connectivity index (χ0v) is 62.7. The standard InChI is InChI=1S/C89H136NO8P/c1-3-5-7-9-11-13-15-17-19-21-23-25-27-29-31-33-35-37-39-41-43-45-47-49-51-53-55-57-59-61-63-65-67-69-71-73-75-77-79-81-88(91)95-85-87(86-97-99(93,94)96-84-83-90)98-89(92)82-80-78-76-74-72-70-68-66-64-62-60-58-56-54-52-50-48-46-44-42-40-38-36-34-32-30-28-26-24-22-20-18-16-14-12-10-8-6-4-2/h5-8,11-14,17-20,23-26,29-32,35-38,41-44,47-50,53-56,60,62,66,68,72,74,87H,3-4,9-10,15-16,21-22,27-28,33-34,39-40,45-46,51-52,57-59,61,63-65,67,69-71,73,75-86,90H2,1-2H3,(H,93,94)/b7-5-,8-6-,13-11-,14-12-,19-17-,20-18-,25-23-,26-24-,31-29-,32-30-,37-35-,38-36-,43-41-,44-42-,49-47-,50-48-,55-53-,56-54-,62-60-,68-66-,74-72-. The van der Waals surface area contributed by atoms with E-state index in [4.69, 9.17) is 24.3 Å². The Morgan fingerprint density at radius 2 is 0.525 bits per heavy atom. The van der Waals surface area contributed by atoms with Gasteiger partial charge in [-0.25, -0.2) is 4.57 Å². The van der Waals surface area contributed by atoms with E-state index in [2.05, 4.69) is 269 Å². The highest BCUT2D eigenvalue weighted by molar-refractivity contribution is 7.47. The van der Waals surface area contributed by atoms with Crippen molar-refractivity contribution in [3.8, 4) is 0 Å². The SMILES string of the molecule is CC/C=C\C/C=C\C/C=C\C/C=C\C/C=C\C/C=C\C/C=C\C/C=C\C/C=C\C/C=C\C/C=C\C/C=C\CCCCC(=O)OC(COC(=O)CCCCCCCCCCCCC/C=C\C/C=C\C/C=C\C/C=C\C/C=C\C/C=C\C/C=C\C/C=C\C/C=C\CC)COP(=O)(O)OCCN. The molecule has 3 N–H and O–H groups in total. The summed E-state index contributed by atoms with van der Waals surface area (Å²) >= 11 is 0. The lowest BCUT2D eigenvalue weighted by Crippen LogP contribution is -2.29. The summed E-state index contributed by atoms with van der Waals surface area (Å²) in [6, 6.07) is 0. The molecule has 2 unspecified atom stereocenters. The van der Waals surface area contributed by atoms with Gasteiger partial charge in [-0.3, -0.25) is 18.6 Å². The van der Waals surface area contributed by atoms with Gasteiger partial charge in [-0.15, -0.1) is 0 Å². The van der Waals surface area contributed by atoms with Gasteiger partial charge in [-0.05, 0) is 173 Å². The number of phosphoric acid groups is 1. The Labute approximate surface area is 605 Å². The minimum atomic E-state index is -4.43. The fourth-order valence-corrected chi connectivity index (χ4v) is 10.1. The van der Waals surface area contributed by atoms with Gasteiger partial charge in [0, 0.05) is 19.4 Å². The second-order valence-electron chi connectivity index (χ2n) is 24.0. The van der Waals surface area contributed by atoms with Crippen molar-refractivity contribution < 1.29 is 37.6 Å². The lowest BCUT2D eigenvalue weighted by molar-refractivity contribution is -0.161. The summed E-state index contributed by atoms with van der Waals surface area (Å²) in [6.45, 7) is 3.43. The molecule has 550 valence electrons. The van der Waals surface area contributed by atoms with Crippen LogP contribution in [0, 0.1) is 0 Å². The molecule has 0 heterocycles. The van der Waals surface area contributed by atoms with Gasteiger partial charge >= 0.3 is 19.8 Å². The molecule has 0 aliphatic heterocycles. The number of hydrogen-bond donors (Lipinski definition) is 2. The zero-order chi connectivity index (χ0) is 71.5. The maximum Gasteiger partial charge on any atom is 0.472 e. The fourth-order valence-electron chi connectivity index (χ4n) is 9.37. The van der Waals surface area contributed by atoms with Crippen LogP contribution >= 0.6 is 7.82 Å². The van der Waals surface area contributed by atoms with Crippen LogP contribution in [0.2, 0.25) is 0 Å². The number of carbonyl (C=O) groups excluding carboxylic acids is 2. The van der Waals surface area contributed by atoms with Gasteiger partial charge in [0.05, 0.1) is 13.2 Å². The van der Waals surface area contributed by atoms with Crippen LogP contribution in [0.4, 0.5) is 0 Å². The van der Waals surface area contributed by atoms with Crippen molar-refractivity contribution in [1.29, 1.82) is 0 Å². The Bertz CT molecular complexity index is 2580. The number of carbonyl (C=O) groups is 2. The number of esters is 2. The van der Waals surface area contributed by atoms with E-state index in [9.17, 15) is 19.0 Å². The molecule has 0 aromatic rings.